The number of fused-ring (bicyclic) bond motifs is 1. The first kappa shape index (κ1) is 14.3. The van der Waals surface area contributed by atoms with Crippen molar-refractivity contribution in [2.45, 2.75) is 24.1 Å². The number of rotatable bonds is 2. The summed E-state index contributed by atoms with van der Waals surface area (Å²) in [4.78, 5) is 32.3. The highest BCUT2D eigenvalue weighted by atomic mass is 32.2. The fourth-order valence-corrected chi connectivity index (χ4v) is 2.52. The molecule has 0 bridgehead atoms. The molecular formula is C12H13N5O2S. The summed E-state index contributed by atoms with van der Waals surface area (Å²) in [7, 11) is 2.89. The Hall–Kier alpha value is -2.14. The number of nitrogens with zero attached hydrogens (tertiary/aromatic N) is 5. The van der Waals surface area contributed by atoms with Crippen molar-refractivity contribution >= 4 is 22.9 Å². The Labute approximate surface area is 118 Å². The molecule has 2 rings (SSSR count). The minimum absolute atomic E-state index is 0.0271. The maximum atomic E-state index is 12.0. The number of hydrogen-bond donors (Lipinski definition) is 0. The number of aromatic nitrogens is 4. The molecule has 2 aromatic rings. The molecule has 0 N–H and O–H groups in total. The van der Waals surface area contributed by atoms with Gasteiger partial charge < -0.3 is 0 Å². The van der Waals surface area contributed by atoms with Crippen molar-refractivity contribution in [3.05, 3.63) is 26.5 Å². The van der Waals surface area contributed by atoms with Crippen LogP contribution in [0.25, 0.3) is 11.2 Å². The zero-order valence-electron chi connectivity index (χ0n) is 11.5. The second-order valence-electron chi connectivity index (χ2n) is 4.53. The van der Waals surface area contributed by atoms with Gasteiger partial charge in [0.25, 0.3) is 5.56 Å². The predicted octanol–water partition coefficient (Wildman–Crippen LogP) is 0.399. The van der Waals surface area contributed by atoms with E-state index >= 15 is 0 Å². The van der Waals surface area contributed by atoms with E-state index in [2.05, 4.69) is 9.97 Å². The maximum Gasteiger partial charge on any atom is 0.332 e. The highest BCUT2D eigenvalue weighted by Gasteiger charge is 2.16. The van der Waals surface area contributed by atoms with Gasteiger partial charge in [0.1, 0.15) is 11.1 Å². The van der Waals surface area contributed by atoms with E-state index in [1.807, 2.05) is 19.9 Å². The molecule has 20 heavy (non-hydrogen) atoms. The molecule has 2 aromatic heterocycles. The quantitative estimate of drug-likeness (QED) is 0.743. The molecule has 0 unspecified atom stereocenters. The van der Waals surface area contributed by atoms with Crippen molar-refractivity contribution in [2.24, 2.45) is 14.1 Å². The molecule has 8 heteroatoms. The fourth-order valence-electron chi connectivity index (χ4n) is 1.73. The van der Waals surface area contributed by atoms with E-state index in [4.69, 9.17) is 5.26 Å². The van der Waals surface area contributed by atoms with Crippen LogP contribution in [0.15, 0.2) is 14.6 Å². The van der Waals surface area contributed by atoms with Gasteiger partial charge in [-0.05, 0) is 0 Å². The summed E-state index contributed by atoms with van der Waals surface area (Å²) in [6.07, 6.45) is 0. The first-order valence-electron chi connectivity index (χ1n) is 5.91. The normalized spacial score (nSPS) is 11.0. The van der Waals surface area contributed by atoms with Crippen LogP contribution < -0.4 is 11.2 Å². The Morgan fingerprint density at radius 3 is 2.40 bits per heavy atom. The van der Waals surface area contributed by atoms with Crippen LogP contribution in [0.1, 0.15) is 19.5 Å². The number of aryl methyl sites for hydroxylation is 1. The molecule has 2 heterocycles. The van der Waals surface area contributed by atoms with Crippen LogP contribution in [0.4, 0.5) is 0 Å². The summed E-state index contributed by atoms with van der Waals surface area (Å²) >= 11 is 1.37. The third-order valence-corrected chi connectivity index (χ3v) is 3.68. The molecule has 0 saturated heterocycles. The summed E-state index contributed by atoms with van der Waals surface area (Å²) in [5.41, 5.74) is -0.693. The van der Waals surface area contributed by atoms with E-state index in [1.165, 1.54) is 30.4 Å². The van der Waals surface area contributed by atoms with Crippen LogP contribution in [0, 0.1) is 11.3 Å². The van der Waals surface area contributed by atoms with Crippen molar-refractivity contribution in [2.75, 3.05) is 0 Å². The van der Waals surface area contributed by atoms with Crippen molar-refractivity contribution in [3.8, 4) is 6.07 Å². The standard InChI is InChI=1S/C12H13N5O2S/c1-6(2)20-10-7(5-13)14-8-9(15-10)16(3)12(19)17(4)11(8)18/h6H,1-4H3. The summed E-state index contributed by atoms with van der Waals surface area (Å²) in [6, 6.07) is 1.94. The van der Waals surface area contributed by atoms with Crippen molar-refractivity contribution in [1.82, 2.24) is 19.1 Å². The summed E-state index contributed by atoms with van der Waals surface area (Å²) < 4.78 is 2.21. The Morgan fingerprint density at radius 2 is 1.85 bits per heavy atom. The molecule has 7 nitrogen and oxygen atoms in total. The lowest BCUT2D eigenvalue weighted by atomic mass is 10.4. The maximum absolute atomic E-state index is 12.0. The largest absolute Gasteiger partial charge is 0.332 e. The van der Waals surface area contributed by atoms with Crippen LogP contribution in [0.2, 0.25) is 0 Å². The number of thioether (sulfide) groups is 1. The molecule has 0 amide bonds. The van der Waals surface area contributed by atoms with Crippen LogP contribution in [-0.2, 0) is 14.1 Å². The molecule has 104 valence electrons. The molecular weight excluding hydrogens is 278 g/mol. The third kappa shape index (κ3) is 2.20. The molecule has 0 aliphatic rings. The molecule has 0 radical (unpaired) electrons. The fraction of sp³-hybridized carbons (Fsp3) is 0.417. The predicted molar refractivity (Wildman–Crippen MR) is 75.7 cm³/mol. The topological polar surface area (TPSA) is 93.6 Å². The Balaban J connectivity index is 2.93. The van der Waals surface area contributed by atoms with Gasteiger partial charge in [-0.2, -0.15) is 5.26 Å². The lowest BCUT2D eigenvalue weighted by Gasteiger charge is -2.09. The molecule has 0 fully saturated rings. The average molecular weight is 291 g/mol. The number of nitriles is 1. The lowest BCUT2D eigenvalue weighted by Crippen LogP contribution is -2.38. The van der Waals surface area contributed by atoms with Gasteiger partial charge in [0.2, 0.25) is 0 Å². The highest BCUT2D eigenvalue weighted by Crippen LogP contribution is 2.24. The molecule has 0 atom stereocenters. The van der Waals surface area contributed by atoms with Gasteiger partial charge in [0.05, 0.1) is 0 Å². The molecule has 0 spiro atoms. The first-order valence-corrected chi connectivity index (χ1v) is 6.79. The molecule has 0 saturated carbocycles. The molecule has 0 aliphatic heterocycles. The van der Waals surface area contributed by atoms with E-state index in [0.717, 1.165) is 4.57 Å². The summed E-state index contributed by atoms with van der Waals surface area (Å²) in [5.74, 6) is 0. The van der Waals surface area contributed by atoms with Crippen molar-refractivity contribution in [3.63, 3.8) is 0 Å². The Kier molecular flexibility index (Phi) is 3.63. The summed E-state index contributed by atoms with van der Waals surface area (Å²) in [5, 5.41) is 9.77. The zero-order chi connectivity index (χ0) is 15.0. The monoisotopic (exact) mass is 291 g/mol. The number of hydrogen-bond acceptors (Lipinski definition) is 6. The van der Waals surface area contributed by atoms with Gasteiger partial charge in [0.15, 0.2) is 16.9 Å². The van der Waals surface area contributed by atoms with Gasteiger partial charge in [-0.1, -0.05) is 13.8 Å². The van der Waals surface area contributed by atoms with Crippen LogP contribution in [0.3, 0.4) is 0 Å². The van der Waals surface area contributed by atoms with Gasteiger partial charge in [-0.3, -0.25) is 13.9 Å². The van der Waals surface area contributed by atoms with Gasteiger partial charge >= 0.3 is 5.69 Å². The lowest BCUT2D eigenvalue weighted by molar-refractivity contribution is 0.700. The highest BCUT2D eigenvalue weighted by molar-refractivity contribution is 7.99. The Bertz CT molecular complexity index is 844. The minimum Gasteiger partial charge on any atom is -0.279 e. The van der Waals surface area contributed by atoms with Crippen LogP contribution >= 0.6 is 11.8 Å². The van der Waals surface area contributed by atoms with E-state index in [0.29, 0.717) is 5.03 Å². The first-order chi connectivity index (χ1) is 9.36. The van der Waals surface area contributed by atoms with Gasteiger partial charge in [-0.15, -0.1) is 11.8 Å². The van der Waals surface area contributed by atoms with Gasteiger partial charge in [0, 0.05) is 19.3 Å². The smallest absolute Gasteiger partial charge is 0.279 e. The SMILES string of the molecule is CC(C)Sc1nc2c(nc1C#N)c(=O)n(C)c(=O)n2C. The van der Waals surface area contributed by atoms with Crippen molar-refractivity contribution in [1.29, 1.82) is 5.26 Å². The third-order valence-electron chi connectivity index (χ3n) is 2.70. The second kappa shape index (κ2) is 5.09. The summed E-state index contributed by atoms with van der Waals surface area (Å²) in [6.45, 7) is 3.92. The van der Waals surface area contributed by atoms with Crippen molar-refractivity contribution < 1.29 is 0 Å². The average Bonchev–Trinajstić information content (AvgIpc) is 2.41. The van der Waals surface area contributed by atoms with Crippen LogP contribution in [-0.4, -0.2) is 24.4 Å². The molecule has 0 aliphatic carbocycles. The zero-order valence-corrected chi connectivity index (χ0v) is 12.4. The van der Waals surface area contributed by atoms with E-state index in [9.17, 15) is 9.59 Å². The Morgan fingerprint density at radius 1 is 1.20 bits per heavy atom. The second-order valence-corrected chi connectivity index (χ2v) is 6.10. The molecule has 0 aromatic carbocycles. The van der Waals surface area contributed by atoms with E-state index < -0.39 is 11.2 Å². The van der Waals surface area contributed by atoms with E-state index in [1.54, 1.807) is 0 Å². The van der Waals surface area contributed by atoms with Crippen LogP contribution in [0.5, 0.6) is 0 Å². The minimum atomic E-state index is -0.548. The van der Waals surface area contributed by atoms with Gasteiger partial charge in [-0.25, -0.2) is 14.8 Å². The van der Waals surface area contributed by atoms with E-state index in [-0.39, 0.29) is 22.1 Å².